The Morgan fingerprint density at radius 1 is 1.35 bits per heavy atom. The molecule has 1 heterocycles. The maximum absolute atomic E-state index is 12.9. The number of carboxylic acid groups (broad SMARTS) is 1. The third-order valence-corrected chi connectivity index (χ3v) is 3.24. The first-order valence-electron chi connectivity index (χ1n) is 4.96. The van der Waals surface area contributed by atoms with Crippen LogP contribution in [-0.4, -0.2) is 11.1 Å². The van der Waals surface area contributed by atoms with E-state index in [1.807, 2.05) is 0 Å². The molecule has 0 fully saturated rings. The number of hydrogen-bond donors (Lipinski definition) is 2. The van der Waals surface area contributed by atoms with E-state index in [4.69, 9.17) is 5.11 Å². The molecule has 0 aliphatic heterocycles. The highest BCUT2D eigenvalue weighted by molar-refractivity contribution is 7.13. The molecule has 5 heteroatoms. The fourth-order valence-electron chi connectivity index (χ4n) is 1.38. The molecule has 2 rings (SSSR count). The van der Waals surface area contributed by atoms with E-state index in [0.29, 0.717) is 17.1 Å². The number of carbonyl (C=O) groups is 1. The van der Waals surface area contributed by atoms with Gasteiger partial charge in [-0.15, -0.1) is 11.3 Å². The van der Waals surface area contributed by atoms with E-state index in [9.17, 15) is 9.18 Å². The zero-order valence-electron chi connectivity index (χ0n) is 8.81. The van der Waals surface area contributed by atoms with Crippen LogP contribution in [0.25, 0.3) is 0 Å². The number of halogens is 1. The fourth-order valence-corrected chi connectivity index (χ4v) is 2.16. The number of anilines is 1. The minimum absolute atomic E-state index is 0.299. The molecule has 0 radical (unpaired) electrons. The maximum atomic E-state index is 12.9. The minimum Gasteiger partial charge on any atom is -0.477 e. The molecule has 0 amide bonds. The van der Waals surface area contributed by atoms with Crippen molar-refractivity contribution in [3.8, 4) is 0 Å². The number of thiophene rings is 1. The maximum Gasteiger partial charge on any atom is 0.345 e. The van der Waals surface area contributed by atoms with Gasteiger partial charge in [-0.1, -0.05) is 6.07 Å². The van der Waals surface area contributed by atoms with E-state index in [1.54, 1.807) is 24.3 Å². The zero-order valence-corrected chi connectivity index (χ0v) is 9.63. The molecule has 0 aliphatic carbocycles. The topological polar surface area (TPSA) is 49.3 Å². The Morgan fingerprint density at radius 3 is 2.82 bits per heavy atom. The van der Waals surface area contributed by atoms with E-state index in [-0.39, 0.29) is 5.82 Å². The summed E-state index contributed by atoms with van der Waals surface area (Å²) >= 11 is 1.21. The van der Waals surface area contributed by atoms with Gasteiger partial charge in [0.05, 0.1) is 0 Å². The van der Waals surface area contributed by atoms with Gasteiger partial charge in [0.15, 0.2) is 0 Å². The molecule has 1 aromatic heterocycles. The second kappa shape index (κ2) is 4.97. The van der Waals surface area contributed by atoms with Gasteiger partial charge >= 0.3 is 5.97 Å². The van der Waals surface area contributed by atoms with Gasteiger partial charge in [0.1, 0.15) is 10.7 Å². The first kappa shape index (κ1) is 11.6. The molecule has 88 valence electrons. The molecule has 0 spiro atoms. The standard InChI is InChI=1S/C12H10FNO2S/c13-8-2-1-3-9(6-8)14-7-10-4-5-11(17-10)12(15)16/h1-6,14H,7H2,(H,15,16). The Kier molecular flexibility index (Phi) is 3.39. The predicted molar refractivity (Wildman–Crippen MR) is 65.0 cm³/mol. The summed E-state index contributed by atoms with van der Waals surface area (Å²) in [5, 5.41) is 11.8. The zero-order chi connectivity index (χ0) is 12.3. The molecular formula is C12H10FNO2S. The lowest BCUT2D eigenvalue weighted by molar-refractivity contribution is 0.0702. The molecule has 17 heavy (non-hydrogen) atoms. The van der Waals surface area contributed by atoms with Crippen molar-refractivity contribution in [2.75, 3.05) is 5.32 Å². The summed E-state index contributed by atoms with van der Waals surface area (Å²) in [5.41, 5.74) is 0.676. The second-order valence-corrected chi connectivity index (χ2v) is 4.60. The Bertz CT molecular complexity index is 539. The fraction of sp³-hybridized carbons (Fsp3) is 0.0833. The smallest absolute Gasteiger partial charge is 0.345 e. The summed E-state index contributed by atoms with van der Waals surface area (Å²) in [6.07, 6.45) is 0. The van der Waals surface area contributed by atoms with Crippen LogP contribution in [0.3, 0.4) is 0 Å². The summed E-state index contributed by atoms with van der Waals surface area (Å²) in [5.74, 6) is -1.22. The highest BCUT2D eigenvalue weighted by Gasteiger charge is 2.06. The Labute approximate surface area is 102 Å². The van der Waals surface area contributed by atoms with Crippen LogP contribution in [0.15, 0.2) is 36.4 Å². The number of benzene rings is 1. The van der Waals surface area contributed by atoms with Crippen LogP contribution in [0, 0.1) is 5.82 Å². The van der Waals surface area contributed by atoms with Gasteiger partial charge in [-0.2, -0.15) is 0 Å². The summed E-state index contributed by atoms with van der Waals surface area (Å²) in [6, 6.07) is 9.46. The Morgan fingerprint density at radius 2 is 2.18 bits per heavy atom. The van der Waals surface area contributed by atoms with Gasteiger partial charge in [-0.3, -0.25) is 0 Å². The molecule has 0 bridgehead atoms. The number of aromatic carboxylic acids is 1. The van der Waals surface area contributed by atoms with Gasteiger partial charge in [0, 0.05) is 17.1 Å². The van der Waals surface area contributed by atoms with Gasteiger partial charge < -0.3 is 10.4 Å². The first-order chi connectivity index (χ1) is 8.15. The molecule has 1 aromatic carbocycles. The summed E-state index contributed by atoms with van der Waals surface area (Å²) in [6.45, 7) is 0.488. The highest BCUT2D eigenvalue weighted by atomic mass is 32.1. The van der Waals surface area contributed by atoms with Crippen molar-refractivity contribution in [3.63, 3.8) is 0 Å². The largest absolute Gasteiger partial charge is 0.477 e. The Hall–Kier alpha value is -1.88. The van der Waals surface area contributed by atoms with Crippen LogP contribution in [0.2, 0.25) is 0 Å². The highest BCUT2D eigenvalue weighted by Crippen LogP contribution is 2.18. The lowest BCUT2D eigenvalue weighted by Gasteiger charge is -2.04. The van der Waals surface area contributed by atoms with E-state index in [1.165, 1.54) is 23.5 Å². The molecule has 0 unspecified atom stereocenters. The van der Waals surface area contributed by atoms with Crippen LogP contribution >= 0.6 is 11.3 Å². The third kappa shape index (κ3) is 3.04. The van der Waals surface area contributed by atoms with E-state index >= 15 is 0 Å². The van der Waals surface area contributed by atoms with Gasteiger partial charge in [0.2, 0.25) is 0 Å². The van der Waals surface area contributed by atoms with E-state index in [0.717, 1.165) is 4.88 Å². The lowest BCUT2D eigenvalue weighted by atomic mass is 10.3. The SMILES string of the molecule is O=C(O)c1ccc(CNc2cccc(F)c2)s1. The monoisotopic (exact) mass is 251 g/mol. The minimum atomic E-state index is -0.924. The van der Waals surface area contributed by atoms with Crippen LogP contribution in [0.5, 0.6) is 0 Å². The number of carboxylic acids is 1. The van der Waals surface area contributed by atoms with Crippen LogP contribution in [-0.2, 0) is 6.54 Å². The number of rotatable bonds is 4. The van der Waals surface area contributed by atoms with Crippen LogP contribution in [0.1, 0.15) is 14.5 Å². The average molecular weight is 251 g/mol. The normalized spacial score (nSPS) is 10.2. The molecule has 2 N–H and O–H groups in total. The molecule has 0 saturated carbocycles. The van der Waals surface area contributed by atoms with Crippen molar-refractivity contribution < 1.29 is 14.3 Å². The lowest BCUT2D eigenvalue weighted by Crippen LogP contribution is -1.97. The quantitative estimate of drug-likeness (QED) is 0.877. The summed E-state index contributed by atoms with van der Waals surface area (Å²) < 4.78 is 12.9. The second-order valence-electron chi connectivity index (χ2n) is 3.44. The molecule has 3 nitrogen and oxygen atoms in total. The molecule has 0 aliphatic rings. The Balaban J connectivity index is 2.00. The van der Waals surface area contributed by atoms with Crippen molar-refractivity contribution >= 4 is 23.0 Å². The van der Waals surface area contributed by atoms with Crippen molar-refractivity contribution in [3.05, 3.63) is 52.0 Å². The summed E-state index contributed by atoms with van der Waals surface area (Å²) in [7, 11) is 0. The molecular weight excluding hydrogens is 241 g/mol. The van der Waals surface area contributed by atoms with Crippen molar-refractivity contribution in [2.45, 2.75) is 6.54 Å². The van der Waals surface area contributed by atoms with Gasteiger partial charge in [-0.25, -0.2) is 9.18 Å². The van der Waals surface area contributed by atoms with Crippen molar-refractivity contribution in [1.29, 1.82) is 0 Å². The molecule has 2 aromatic rings. The van der Waals surface area contributed by atoms with Gasteiger partial charge in [-0.05, 0) is 30.3 Å². The van der Waals surface area contributed by atoms with Crippen molar-refractivity contribution in [1.82, 2.24) is 0 Å². The van der Waals surface area contributed by atoms with E-state index in [2.05, 4.69) is 5.32 Å². The van der Waals surface area contributed by atoms with Crippen LogP contribution in [0.4, 0.5) is 10.1 Å². The summed E-state index contributed by atoms with van der Waals surface area (Å²) in [4.78, 5) is 11.9. The number of nitrogens with one attached hydrogen (secondary N) is 1. The predicted octanol–water partition coefficient (Wildman–Crippen LogP) is 3.20. The third-order valence-electron chi connectivity index (χ3n) is 2.16. The average Bonchev–Trinajstić information content (AvgIpc) is 2.75. The molecule has 0 saturated heterocycles. The first-order valence-corrected chi connectivity index (χ1v) is 5.78. The van der Waals surface area contributed by atoms with Crippen molar-refractivity contribution in [2.24, 2.45) is 0 Å². The van der Waals surface area contributed by atoms with Crippen LogP contribution < -0.4 is 5.32 Å². The van der Waals surface area contributed by atoms with E-state index < -0.39 is 5.97 Å². The number of hydrogen-bond acceptors (Lipinski definition) is 3. The van der Waals surface area contributed by atoms with Gasteiger partial charge in [0.25, 0.3) is 0 Å². The molecule has 0 atom stereocenters.